The number of rotatable bonds is 7. The van der Waals surface area contributed by atoms with E-state index in [1.165, 1.54) is 4.68 Å². The zero-order valence-electron chi connectivity index (χ0n) is 19.1. The Bertz CT molecular complexity index is 1310. The second-order valence-corrected chi connectivity index (χ2v) is 7.90. The quantitative estimate of drug-likeness (QED) is 0.466. The first-order valence-corrected chi connectivity index (χ1v) is 10.6. The molecule has 8 nitrogen and oxygen atoms in total. The van der Waals surface area contributed by atoms with Crippen molar-refractivity contribution in [3.63, 3.8) is 0 Å². The molecule has 0 unspecified atom stereocenters. The van der Waals surface area contributed by atoms with Gasteiger partial charge in [-0.15, -0.1) is 0 Å². The second-order valence-electron chi connectivity index (χ2n) is 7.90. The highest BCUT2D eigenvalue weighted by Crippen LogP contribution is 2.19. The molecule has 170 valence electrons. The number of aromatic nitrogens is 3. The van der Waals surface area contributed by atoms with Gasteiger partial charge in [0, 0.05) is 7.05 Å². The zero-order valence-corrected chi connectivity index (χ0v) is 19.1. The highest BCUT2D eigenvalue weighted by Gasteiger charge is 2.18. The van der Waals surface area contributed by atoms with Gasteiger partial charge in [0.25, 0.3) is 5.56 Å². The Labute approximate surface area is 191 Å². The van der Waals surface area contributed by atoms with Gasteiger partial charge in [-0.05, 0) is 50.6 Å². The number of amides is 1. The van der Waals surface area contributed by atoms with Gasteiger partial charge in [-0.3, -0.25) is 14.3 Å². The van der Waals surface area contributed by atoms with E-state index < -0.39 is 0 Å². The van der Waals surface area contributed by atoms with E-state index in [1.807, 2.05) is 75.4 Å². The lowest BCUT2D eigenvalue weighted by molar-refractivity contribution is -0.115. The van der Waals surface area contributed by atoms with Crippen molar-refractivity contribution in [1.82, 2.24) is 14.5 Å². The second kappa shape index (κ2) is 9.20. The summed E-state index contributed by atoms with van der Waals surface area (Å²) in [6.07, 6.45) is 0.142. The van der Waals surface area contributed by atoms with E-state index in [9.17, 15) is 9.59 Å². The van der Waals surface area contributed by atoms with Crippen LogP contribution >= 0.6 is 0 Å². The minimum atomic E-state index is -0.266. The van der Waals surface area contributed by atoms with E-state index in [4.69, 9.17) is 9.26 Å². The zero-order chi connectivity index (χ0) is 23.5. The van der Waals surface area contributed by atoms with Crippen molar-refractivity contribution in [3.05, 3.63) is 93.2 Å². The minimum absolute atomic E-state index is 0.142. The molecule has 4 aromatic rings. The lowest BCUT2D eigenvalue weighted by atomic mass is 10.1. The van der Waals surface area contributed by atoms with Crippen LogP contribution in [0.2, 0.25) is 0 Å². The average Bonchev–Trinajstić information content (AvgIpc) is 3.24. The number of carbonyl (C=O) groups excluding carboxylic acids is 1. The summed E-state index contributed by atoms with van der Waals surface area (Å²) in [5.74, 6) is 1.16. The third-order valence-electron chi connectivity index (χ3n) is 5.67. The molecule has 8 heteroatoms. The fourth-order valence-corrected chi connectivity index (χ4v) is 3.65. The first-order valence-electron chi connectivity index (χ1n) is 10.6. The Morgan fingerprint density at radius 3 is 2.39 bits per heavy atom. The number of hydrogen-bond acceptors (Lipinski definition) is 5. The third kappa shape index (κ3) is 4.59. The normalized spacial score (nSPS) is 10.9. The van der Waals surface area contributed by atoms with Crippen LogP contribution < -0.4 is 15.6 Å². The van der Waals surface area contributed by atoms with E-state index in [0.29, 0.717) is 18.1 Å². The van der Waals surface area contributed by atoms with Crippen LogP contribution in [0, 0.1) is 20.8 Å². The van der Waals surface area contributed by atoms with Gasteiger partial charge < -0.3 is 14.6 Å². The predicted octanol–water partition coefficient (Wildman–Crippen LogP) is 3.85. The number of hydrogen-bond donors (Lipinski definition) is 1. The molecule has 0 saturated carbocycles. The van der Waals surface area contributed by atoms with Crippen LogP contribution in [-0.2, 0) is 24.9 Å². The van der Waals surface area contributed by atoms with Gasteiger partial charge in [0.05, 0.1) is 29.1 Å². The van der Waals surface area contributed by atoms with Crippen LogP contribution in [0.5, 0.6) is 5.75 Å². The first kappa shape index (κ1) is 22.1. The summed E-state index contributed by atoms with van der Waals surface area (Å²) < 4.78 is 14.2. The number of carbonyl (C=O) groups is 1. The van der Waals surface area contributed by atoms with Crippen LogP contribution in [0.3, 0.4) is 0 Å². The molecular weight excluding hydrogens is 420 g/mol. The van der Waals surface area contributed by atoms with E-state index in [-0.39, 0.29) is 23.6 Å². The molecule has 33 heavy (non-hydrogen) atoms. The SMILES string of the molecule is Cc1noc(C)c1COc1ccc(CC(=O)Nc2c(C)n(C)n(-c3ccccc3)c2=O)cc1. The van der Waals surface area contributed by atoms with Crippen molar-refractivity contribution in [1.29, 1.82) is 0 Å². The van der Waals surface area contributed by atoms with Gasteiger partial charge in [-0.1, -0.05) is 35.5 Å². The number of nitrogens with one attached hydrogen (secondary N) is 1. The van der Waals surface area contributed by atoms with Crippen molar-refractivity contribution < 1.29 is 14.1 Å². The van der Waals surface area contributed by atoms with E-state index in [1.54, 1.807) is 11.7 Å². The standard InChI is InChI=1S/C25H26N4O4/c1-16-22(18(3)33-27-16)15-32-21-12-10-19(11-13-21)14-23(30)26-24-17(2)28(4)29(25(24)31)20-8-6-5-7-9-20/h5-13H,14-15H2,1-4H3,(H,26,30). The van der Waals surface area contributed by atoms with Gasteiger partial charge in [0.2, 0.25) is 5.91 Å². The molecule has 0 aliphatic carbocycles. The summed E-state index contributed by atoms with van der Waals surface area (Å²) in [6, 6.07) is 16.6. The fourth-order valence-electron chi connectivity index (χ4n) is 3.65. The van der Waals surface area contributed by atoms with Crippen molar-refractivity contribution in [2.75, 3.05) is 5.32 Å². The summed E-state index contributed by atoms with van der Waals surface area (Å²) >= 11 is 0. The monoisotopic (exact) mass is 446 g/mol. The number of nitrogens with zero attached hydrogens (tertiary/aromatic N) is 3. The molecule has 2 aromatic heterocycles. The van der Waals surface area contributed by atoms with Crippen molar-refractivity contribution >= 4 is 11.6 Å². The summed E-state index contributed by atoms with van der Waals surface area (Å²) in [5, 5.41) is 6.71. The van der Waals surface area contributed by atoms with E-state index in [0.717, 1.165) is 28.3 Å². The topological polar surface area (TPSA) is 91.3 Å². The minimum Gasteiger partial charge on any atom is -0.489 e. The number of benzene rings is 2. The molecule has 0 fully saturated rings. The smallest absolute Gasteiger partial charge is 0.295 e. The highest BCUT2D eigenvalue weighted by atomic mass is 16.5. The Kier molecular flexibility index (Phi) is 6.17. The van der Waals surface area contributed by atoms with Crippen LogP contribution in [0.15, 0.2) is 63.9 Å². The lowest BCUT2D eigenvalue weighted by Crippen LogP contribution is -2.23. The van der Waals surface area contributed by atoms with E-state index in [2.05, 4.69) is 10.5 Å². The van der Waals surface area contributed by atoms with Gasteiger partial charge in [0.15, 0.2) is 0 Å². The van der Waals surface area contributed by atoms with Crippen molar-refractivity contribution in [2.45, 2.75) is 33.8 Å². The number of ether oxygens (including phenoxy) is 1. The van der Waals surface area contributed by atoms with E-state index >= 15 is 0 Å². The Morgan fingerprint density at radius 2 is 1.76 bits per heavy atom. The number of aryl methyl sites for hydroxylation is 2. The molecule has 0 aliphatic heterocycles. The predicted molar refractivity (Wildman–Crippen MR) is 125 cm³/mol. The molecule has 0 bridgehead atoms. The maximum Gasteiger partial charge on any atom is 0.295 e. The van der Waals surface area contributed by atoms with Gasteiger partial charge in [-0.25, -0.2) is 4.68 Å². The molecule has 0 atom stereocenters. The molecule has 1 N–H and O–H groups in total. The van der Waals surface area contributed by atoms with Gasteiger partial charge in [-0.2, -0.15) is 0 Å². The van der Waals surface area contributed by atoms with Crippen LogP contribution in [-0.4, -0.2) is 20.4 Å². The molecule has 0 radical (unpaired) electrons. The van der Waals surface area contributed by atoms with Gasteiger partial charge >= 0.3 is 0 Å². The largest absolute Gasteiger partial charge is 0.489 e. The molecule has 2 aromatic carbocycles. The molecule has 0 aliphatic rings. The van der Waals surface area contributed by atoms with Crippen LogP contribution in [0.4, 0.5) is 5.69 Å². The molecule has 0 saturated heterocycles. The number of anilines is 1. The highest BCUT2D eigenvalue weighted by molar-refractivity contribution is 5.92. The molecule has 2 heterocycles. The van der Waals surface area contributed by atoms with Gasteiger partial charge in [0.1, 0.15) is 23.8 Å². The maximum atomic E-state index is 13.0. The Balaban J connectivity index is 1.42. The Hall–Kier alpha value is -4.07. The molecule has 1 amide bonds. The molecule has 0 spiro atoms. The summed E-state index contributed by atoms with van der Waals surface area (Å²) in [4.78, 5) is 25.6. The first-order chi connectivity index (χ1) is 15.8. The fraction of sp³-hybridized carbons (Fsp3) is 0.240. The summed E-state index contributed by atoms with van der Waals surface area (Å²) in [7, 11) is 1.79. The van der Waals surface area contributed by atoms with Crippen LogP contribution in [0.1, 0.15) is 28.3 Å². The van der Waals surface area contributed by atoms with Crippen molar-refractivity contribution in [3.8, 4) is 11.4 Å². The number of para-hydroxylation sites is 1. The maximum absolute atomic E-state index is 13.0. The van der Waals surface area contributed by atoms with Crippen LogP contribution in [0.25, 0.3) is 5.69 Å². The third-order valence-corrected chi connectivity index (χ3v) is 5.67. The summed E-state index contributed by atoms with van der Waals surface area (Å²) in [5.41, 5.74) is 3.99. The lowest BCUT2D eigenvalue weighted by Gasteiger charge is -2.08. The molecule has 4 rings (SSSR count). The van der Waals surface area contributed by atoms with Crippen molar-refractivity contribution in [2.24, 2.45) is 7.05 Å². The summed E-state index contributed by atoms with van der Waals surface area (Å²) in [6.45, 7) is 5.90. The molecular formula is C25H26N4O4. The average molecular weight is 447 g/mol. The Morgan fingerprint density at radius 1 is 1.06 bits per heavy atom.